The number of hydrogen-bond donors (Lipinski definition) is 0. The molecule has 0 aromatic heterocycles. The molecule has 0 spiro atoms. The van der Waals surface area contributed by atoms with Gasteiger partial charge in [-0.1, -0.05) is 29.9 Å². The maximum absolute atomic E-state index is 5.75. The van der Waals surface area contributed by atoms with Crippen LogP contribution < -0.4 is 0 Å². The predicted octanol–water partition coefficient (Wildman–Crippen LogP) is 2.77. The molecule has 1 aliphatic heterocycles. The van der Waals surface area contributed by atoms with Gasteiger partial charge in [0.1, 0.15) is 10.7 Å². The number of halogens is 1. The average molecular weight is 187 g/mol. The third kappa shape index (κ3) is 1.94. The van der Waals surface area contributed by atoms with Crippen LogP contribution in [0.15, 0.2) is 33.5 Å². The van der Waals surface area contributed by atoms with Crippen LogP contribution in [0.4, 0.5) is 0 Å². The van der Waals surface area contributed by atoms with Gasteiger partial charge in [-0.15, -0.1) is 0 Å². The summed E-state index contributed by atoms with van der Waals surface area (Å²) in [6.07, 6.45) is 1.48. The van der Waals surface area contributed by atoms with E-state index in [1.807, 2.05) is 0 Å². The van der Waals surface area contributed by atoms with Crippen LogP contribution in [0.5, 0.6) is 0 Å². The monoisotopic (exact) mass is 186 g/mol. The third-order valence-corrected chi connectivity index (χ3v) is 2.00. The van der Waals surface area contributed by atoms with Crippen LogP contribution in [0.3, 0.4) is 0 Å². The number of aliphatic imine (C=N–C) groups is 2. The van der Waals surface area contributed by atoms with Crippen molar-refractivity contribution in [3.8, 4) is 0 Å². The molecule has 11 heavy (non-hydrogen) atoms. The first-order chi connectivity index (χ1) is 5.25. The van der Waals surface area contributed by atoms with Crippen LogP contribution >= 0.6 is 23.4 Å². The van der Waals surface area contributed by atoms with Crippen LogP contribution in [-0.2, 0) is 0 Å². The SMILES string of the molecule is C=C/N=C1/SC=N/C1=C(/C)Cl. The average Bonchev–Trinajstić information content (AvgIpc) is 2.36. The largest absolute Gasteiger partial charge is 0.248 e. The van der Waals surface area contributed by atoms with Gasteiger partial charge in [0, 0.05) is 11.2 Å². The molecule has 2 nitrogen and oxygen atoms in total. The summed E-state index contributed by atoms with van der Waals surface area (Å²) in [4.78, 5) is 8.04. The van der Waals surface area contributed by atoms with Crippen LogP contribution in [-0.4, -0.2) is 10.6 Å². The van der Waals surface area contributed by atoms with E-state index in [4.69, 9.17) is 11.6 Å². The second-order valence-corrected chi connectivity index (χ2v) is 3.25. The Morgan fingerprint density at radius 3 is 3.18 bits per heavy atom. The number of allylic oxidation sites excluding steroid dienone is 1. The van der Waals surface area contributed by atoms with Crippen molar-refractivity contribution in [3.63, 3.8) is 0 Å². The molecule has 4 heteroatoms. The van der Waals surface area contributed by atoms with E-state index >= 15 is 0 Å². The number of thioether (sulfide) groups is 1. The quantitative estimate of drug-likeness (QED) is 0.618. The topological polar surface area (TPSA) is 24.7 Å². The Morgan fingerprint density at radius 2 is 2.64 bits per heavy atom. The van der Waals surface area contributed by atoms with E-state index in [9.17, 15) is 0 Å². The van der Waals surface area contributed by atoms with E-state index in [1.165, 1.54) is 18.0 Å². The molecule has 1 heterocycles. The Bertz CT molecular complexity index is 262. The van der Waals surface area contributed by atoms with Gasteiger partial charge in [-0.2, -0.15) is 0 Å². The Hall–Kier alpha value is -0.540. The van der Waals surface area contributed by atoms with Crippen molar-refractivity contribution >= 4 is 34.0 Å². The molecule has 0 aliphatic carbocycles. The summed E-state index contributed by atoms with van der Waals surface area (Å²) < 4.78 is 0. The fraction of sp³-hybridized carbons (Fsp3) is 0.143. The lowest BCUT2D eigenvalue weighted by Crippen LogP contribution is -1.89. The Morgan fingerprint density at radius 1 is 1.91 bits per heavy atom. The molecule has 0 N–H and O–H groups in total. The molecule has 0 fully saturated rings. The van der Waals surface area contributed by atoms with E-state index in [1.54, 1.807) is 12.5 Å². The van der Waals surface area contributed by atoms with E-state index in [2.05, 4.69) is 16.6 Å². The highest BCUT2D eigenvalue weighted by Crippen LogP contribution is 2.24. The second-order valence-electron chi connectivity index (χ2n) is 1.85. The minimum Gasteiger partial charge on any atom is -0.248 e. The van der Waals surface area contributed by atoms with Gasteiger partial charge in [0.2, 0.25) is 0 Å². The highest BCUT2D eigenvalue weighted by atomic mass is 35.5. The molecule has 0 saturated carbocycles. The summed E-state index contributed by atoms with van der Waals surface area (Å²) in [5, 5.41) is 1.47. The molecule has 58 valence electrons. The minimum absolute atomic E-state index is 0.659. The lowest BCUT2D eigenvalue weighted by Gasteiger charge is -1.94. The van der Waals surface area contributed by atoms with Crippen LogP contribution in [0.2, 0.25) is 0 Å². The first-order valence-corrected chi connectivity index (χ1v) is 4.26. The first-order valence-electron chi connectivity index (χ1n) is 3.00. The Labute approximate surface area is 74.8 Å². The molecule has 0 saturated heterocycles. The fourth-order valence-electron chi connectivity index (χ4n) is 0.651. The lowest BCUT2D eigenvalue weighted by atomic mass is 10.4. The molecule has 0 atom stereocenters. The maximum Gasteiger partial charge on any atom is 0.128 e. The number of hydrogen-bond acceptors (Lipinski definition) is 3. The summed E-state index contributed by atoms with van der Waals surface area (Å²) >= 11 is 7.20. The van der Waals surface area contributed by atoms with Gasteiger partial charge in [-0.3, -0.25) is 0 Å². The molecule has 0 aromatic rings. The number of nitrogens with zero attached hydrogens (tertiary/aromatic N) is 2. The Balaban J connectivity index is 2.98. The van der Waals surface area contributed by atoms with Crippen molar-refractivity contribution in [1.82, 2.24) is 0 Å². The normalized spacial score (nSPS) is 24.4. The molecule has 0 radical (unpaired) electrons. The van der Waals surface area contributed by atoms with Gasteiger partial charge in [0.25, 0.3) is 0 Å². The summed E-state index contributed by atoms with van der Waals surface area (Å²) in [5.74, 6) is 0. The third-order valence-electron chi connectivity index (χ3n) is 1.08. The highest BCUT2D eigenvalue weighted by molar-refractivity contribution is 8.26. The zero-order valence-corrected chi connectivity index (χ0v) is 7.61. The van der Waals surface area contributed by atoms with Crippen LogP contribution in [0.1, 0.15) is 6.92 Å². The van der Waals surface area contributed by atoms with E-state index in [-0.39, 0.29) is 0 Å². The molecule has 0 amide bonds. The molecule has 1 aliphatic rings. The molecular formula is C7H7ClN2S. The fourth-order valence-corrected chi connectivity index (χ4v) is 1.56. The van der Waals surface area contributed by atoms with Crippen LogP contribution in [0.25, 0.3) is 0 Å². The van der Waals surface area contributed by atoms with Gasteiger partial charge in [0.15, 0.2) is 0 Å². The summed E-state index contributed by atoms with van der Waals surface area (Å²) in [7, 11) is 0. The second kappa shape index (κ2) is 3.74. The predicted molar refractivity (Wildman–Crippen MR) is 52.3 cm³/mol. The zero-order chi connectivity index (χ0) is 8.27. The molecular weight excluding hydrogens is 180 g/mol. The summed E-state index contributed by atoms with van der Waals surface area (Å²) in [6.45, 7) is 5.29. The highest BCUT2D eigenvalue weighted by Gasteiger charge is 2.13. The van der Waals surface area contributed by atoms with Crippen molar-refractivity contribution in [2.45, 2.75) is 6.92 Å². The van der Waals surface area contributed by atoms with Crippen molar-refractivity contribution in [2.24, 2.45) is 9.98 Å². The van der Waals surface area contributed by atoms with Gasteiger partial charge in [-0.05, 0) is 6.92 Å². The van der Waals surface area contributed by atoms with Gasteiger partial charge in [0.05, 0.1) is 5.55 Å². The number of rotatable bonds is 1. The van der Waals surface area contributed by atoms with E-state index in [0.29, 0.717) is 5.03 Å². The molecule has 1 rings (SSSR count). The summed E-state index contributed by atoms with van der Waals surface area (Å²) in [6, 6.07) is 0. The molecule has 0 unspecified atom stereocenters. The zero-order valence-electron chi connectivity index (χ0n) is 6.04. The lowest BCUT2D eigenvalue weighted by molar-refractivity contribution is 1.42. The van der Waals surface area contributed by atoms with Gasteiger partial charge < -0.3 is 0 Å². The van der Waals surface area contributed by atoms with Gasteiger partial charge >= 0.3 is 0 Å². The smallest absolute Gasteiger partial charge is 0.128 e. The minimum atomic E-state index is 0.659. The van der Waals surface area contributed by atoms with Crippen molar-refractivity contribution in [1.29, 1.82) is 0 Å². The van der Waals surface area contributed by atoms with E-state index < -0.39 is 0 Å². The summed E-state index contributed by atoms with van der Waals surface area (Å²) in [5.41, 5.74) is 2.46. The van der Waals surface area contributed by atoms with Crippen molar-refractivity contribution < 1.29 is 0 Å². The maximum atomic E-state index is 5.75. The van der Waals surface area contributed by atoms with Gasteiger partial charge in [-0.25, -0.2) is 9.98 Å². The van der Waals surface area contributed by atoms with Crippen molar-refractivity contribution in [3.05, 3.63) is 23.5 Å². The van der Waals surface area contributed by atoms with Crippen LogP contribution in [0, 0.1) is 0 Å². The molecule has 0 aromatic carbocycles. The van der Waals surface area contributed by atoms with E-state index in [0.717, 1.165) is 10.7 Å². The molecule has 0 bridgehead atoms. The first kappa shape index (κ1) is 8.56. The Kier molecular flexibility index (Phi) is 2.91. The van der Waals surface area contributed by atoms with Crippen molar-refractivity contribution in [2.75, 3.05) is 0 Å². The standard InChI is InChI=1S/C7H7ClN2S/c1-3-9-7-6(5(2)8)10-4-11-7/h3-4H,1H2,2H3/b6-5-,9-7+.